The van der Waals surface area contributed by atoms with Crippen LogP contribution in [0.25, 0.3) is 54.3 Å². The van der Waals surface area contributed by atoms with Gasteiger partial charge in [0, 0.05) is 41.2 Å². The minimum atomic E-state index is -1.18. The SMILES string of the molecule is Cc1cc2nc(-c3ccc4c(n3)c(-c3cccnc3)nn4C)sc2c(-c2ccc(Cl)cc2)c1[C@H](OC(C)(C)C)C(=O)O. The maximum Gasteiger partial charge on any atom is 0.337 e. The van der Waals surface area contributed by atoms with Crippen LogP contribution < -0.4 is 0 Å². The zero-order valence-electron chi connectivity index (χ0n) is 23.7. The summed E-state index contributed by atoms with van der Waals surface area (Å²) in [6.45, 7) is 7.45. The lowest BCUT2D eigenvalue weighted by Crippen LogP contribution is -2.28. The first-order chi connectivity index (χ1) is 20.0. The number of pyridine rings is 2. The normalized spacial score (nSPS) is 12.7. The van der Waals surface area contributed by atoms with E-state index in [4.69, 9.17) is 31.4 Å². The molecule has 10 heteroatoms. The molecule has 0 amide bonds. The van der Waals surface area contributed by atoms with E-state index in [9.17, 15) is 9.90 Å². The van der Waals surface area contributed by atoms with Crippen molar-refractivity contribution in [3.63, 3.8) is 0 Å². The monoisotopic (exact) mass is 597 g/mol. The molecule has 0 aliphatic carbocycles. The summed E-state index contributed by atoms with van der Waals surface area (Å²) in [5.74, 6) is -1.06. The Morgan fingerprint density at radius 3 is 2.50 bits per heavy atom. The fraction of sp³-hybridized carbons (Fsp3) is 0.219. The fourth-order valence-corrected chi connectivity index (χ4v) is 6.32. The standard InChI is InChI=1S/C32H28ClN5O3S/c1-17-15-22-29(25(18-8-10-20(33)11-9-18)24(17)28(31(39)40)41-32(2,3)4)42-30(36-22)21-12-13-23-27(35-21)26(37-38(23)5)19-7-6-14-34-16-19/h6-16,28H,1-5H3,(H,39,40)/t28-/m0/s1. The second-order valence-corrected chi connectivity index (χ2v) is 12.5. The van der Waals surface area contributed by atoms with Gasteiger partial charge in [-0.15, -0.1) is 11.3 Å². The molecule has 0 radical (unpaired) electrons. The van der Waals surface area contributed by atoms with E-state index in [1.165, 1.54) is 11.3 Å². The first-order valence-corrected chi connectivity index (χ1v) is 14.5. The van der Waals surface area contributed by atoms with Crippen molar-refractivity contribution in [1.82, 2.24) is 24.7 Å². The maximum absolute atomic E-state index is 12.6. The van der Waals surface area contributed by atoms with Crippen LogP contribution in [0.1, 0.15) is 38.0 Å². The van der Waals surface area contributed by atoms with E-state index in [1.807, 2.05) is 81.9 Å². The van der Waals surface area contributed by atoms with Gasteiger partial charge < -0.3 is 9.84 Å². The molecule has 0 saturated heterocycles. The van der Waals surface area contributed by atoms with Gasteiger partial charge in [-0.3, -0.25) is 9.67 Å². The number of hydrogen-bond acceptors (Lipinski definition) is 7. The zero-order valence-corrected chi connectivity index (χ0v) is 25.3. The van der Waals surface area contributed by atoms with E-state index in [1.54, 1.807) is 24.5 Å². The highest BCUT2D eigenvalue weighted by Crippen LogP contribution is 2.44. The average Bonchev–Trinajstić information content (AvgIpc) is 3.52. The van der Waals surface area contributed by atoms with E-state index in [2.05, 4.69) is 4.98 Å². The number of ether oxygens (including phenoxy) is 1. The summed E-state index contributed by atoms with van der Waals surface area (Å²) in [5.41, 5.74) is 6.99. The van der Waals surface area contributed by atoms with Crippen LogP contribution in [-0.2, 0) is 16.6 Å². The molecule has 8 nitrogen and oxygen atoms in total. The number of benzene rings is 2. The summed E-state index contributed by atoms with van der Waals surface area (Å²) in [6, 6.07) is 17.1. The van der Waals surface area contributed by atoms with Crippen molar-refractivity contribution in [2.45, 2.75) is 39.4 Å². The van der Waals surface area contributed by atoms with Crippen molar-refractivity contribution in [2.75, 3.05) is 0 Å². The van der Waals surface area contributed by atoms with Crippen LogP contribution in [0, 0.1) is 6.92 Å². The highest BCUT2D eigenvalue weighted by molar-refractivity contribution is 7.22. The topological polar surface area (TPSA) is 103 Å². The van der Waals surface area contributed by atoms with Gasteiger partial charge >= 0.3 is 5.97 Å². The van der Waals surface area contributed by atoms with Crippen molar-refractivity contribution in [1.29, 1.82) is 0 Å². The summed E-state index contributed by atoms with van der Waals surface area (Å²) in [4.78, 5) is 26.9. The van der Waals surface area contributed by atoms with Crippen LogP contribution >= 0.6 is 22.9 Å². The van der Waals surface area contributed by atoms with E-state index in [0.717, 1.165) is 49.2 Å². The fourth-order valence-electron chi connectivity index (χ4n) is 5.10. The van der Waals surface area contributed by atoms with E-state index < -0.39 is 17.7 Å². The molecule has 0 unspecified atom stereocenters. The summed E-state index contributed by atoms with van der Waals surface area (Å²) in [6.07, 6.45) is 2.32. The molecule has 6 rings (SSSR count). The third-order valence-corrected chi connectivity index (χ3v) is 8.23. The number of carbonyl (C=O) groups is 1. The number of hydrogen-bond donors (Lipinski definition) is 1. The molecule has 0 spiro atoms. The lowest BCUT2D eigenvalue weighted by molar-refractivity contribution is -0.160. The summed E-state index contributed by atoms with van der Waals surface area (Å²) in [7, 11) is 1.89. The van der Waals surface area contributed by atoms with Gasteiger partial charge in [0.1, 0.15) is 16.2 Å². The number of halogens is 1. The number of rotatable bonds is 6. The first kappa shape index (κ1) is 28.0. The smallest absolute Gasteiger partial charge is 0.337 e. The van der Waals surface area contributed by atoms with Crippen molar-refractivity contribution < 1.29 is 14.6 Å². The van der Waals surface area contributed by atoms with Gasteiger partial charge in [-0.25, -0.2) is 14.8 Å². The number of aliphatic carboxylic acids is 1. The molecule has 4 aromatic heterocycles. The number of carboxylic acids is 1. The predicted molar refractivity (Wildman–Crippen MR) is 167 cm³/mol. The molecule has 212 valence electrons. The zero-order chi connectivity index (χ0) is 29.8. The van der Waals surface area contributed by atoms with Crippen LogP contribution in [0.2, 0.25) is 5.02 Å². The summed E-state index contributed by atoms with van der Waals surface area (Å²) in [5, 5.41) is 16.3. The molecule has 0 aliphatic heterocycles. The Morgan fingerprint density at radius 2 is 1.83 bits per heavy atom. The van der Waals surface area contributed by atoms with Gasteiger partial charge in [-0.1, -0.05) is 23.7 Å². The molecule has 1 N–H and O–H groups in total. The number of carboxylic acid groups (broad SMARTS) is 1. The Balaban J connectivity index is 1.59. The molecule has 0 aliphatic rings. The quantitative estimate of drug-likeness (QED) is 0.208. The molecule has 0 saturated carbocycles. The van der Waals surface area contributed by atoms with E-state index in [-0.39, 0.29) is 0 Å². The number of nitrogens with zero attached hydrogens (tertiary/aromatic N) is 5. The Kier molecular flexibility index (Phi) is 7.04. The number of thiazole rings is 1. The number of aryl methyl sites for hydroxylation is 2. The summed E-state index contributed by atoms with van der Waals surface area (Å²) < 4.78 is 8.78. The average molecular weight is 598 g/mol. The summed E-state index contributed by atoms with van der Waals surface area (Å²) >= 11 is 7.70. The minimum absolute atomic E-state index is 0.591. The maximum atomic E-state index is 12.6. The van der Waals surface area contributed by atoms with E-state index >= 15 is 0 Å². The second kappa shape index (κ2) is 10.6. The number of fused-ring (bicyclic) bond motifs is 2. The highest BCUT2D eigenvalue weighted by atomic mass is 35.5. The van der Waals surface area contributed by atoms with Gasteiger partial charge in [0.25, 0.3) is 0 Å². The van der Waals surface area contributed by atoms with Gasteiger partial charge in [0.2, 0.25) is 0 Å². The Bertz CT molecular complexity index is 1960. The second-order valence-electron chi connectivity index (χ2n) is 11.1. The lowest BCUT2D eigenvalue weighted by atomic mass is 9.91. The number of aromatic nitrogens is 5. The van der Waals surface area contributed by atoms with Gasteiger partial charge in [-0.2, -0.15) is 5.10 Å². The van der Waals surface area contributed by atoms with Crippen LogP contribution in [0.5, 0.6) is 0 Å². The molecule has 6 aromatic rings. The third-order valence-electron chi connectivity index (χ3n) is 6.87. The van der Waals surface area contributed by atoms with Crippen molar-refractivity contribution in [3.8, 4) is 33.1 Å². The predicted octanol–water partition coefficient (Wildman–Crippen LogP) is 7.88. The molecule has 0 bridgehead atoms. The van der Waals surface area contributed by atoms with Crippen LogP contribution in [0.3, 0.4) is 0 Å². The first-order valence-electron chi connectivity index (χ1n) is 13.4. The van der Waals surface area contributed by atoms with Gasteiger partial charge in [0.05, 0.1) is 27.0 Å². The molecule has 2 aromatic carbocycles. The van der Waals surface area contributed by atoms with Crippen LogP contribution in [0.4, 0.5) is 0 Å². The Labute approximate surface area is 251 Å². The third kappa shape index (κ3) is 5.15. The Hall–Kier alpha value is -4.18. The molecular weight excluding hydrogens is 570 g/mol. The minimum Gasteiger partial charge on any atom is -0.479 e. The molecule has 42 heavy (non-hydrogen) atoms. The molecular formula is C32H28ClN5O3S. The van der Waals surface area contributed by atoms with Gasteiger partial charge in [0.15, 0.2) is 6.10 Å². The molecule has 1 atom stereocenters. The molecule has 0 fully saturated rings. The van der Waals surface area contributed by atoms with Crippen molar-refractivity contribution in [3.05, 3.63) is 83.1 Å². The van der Waals surface area contributed by atoms with E-state index in [0.29, 0.717) is 21.3 Å². The Morgan fingerprint density at radius 1 is 1.07 bits per heavy atom. The lowest BCUT2D eigenvalue weighted by Gasteiger charge is -2.28. The van der Waals surface area contributed by atoms with Gasteiger partial charge in [-0.05, 0) is 81.3 Å². The van der Waals surface area contributed by atoms with Crippen molar-refractivity contribution in [2.24, 2.45) is 7.05 Å². The largest absolute Gasteiger partial charge is 0.479 e. The highest BCUT2D eigenvalue weighted by Gasteiger charge is 2.32. The van der Waals surface area contributed by atoms with Crippen molar-refractivity contribution >= 4 is 50.2 Å². The van der Waals surface area contributed by atoms with Crippen LogP contribution in [-0.4, -0.2) is 41.4 Å². The molecule has 4 heterocycles. The van der Waals surface area contributed by atoms with Crippen LogP contribution in [0.15, 0.2) is 67.0 Å².